The highest BCUT2D eigenvalue weighted by atomic mass is 19.1. The molecular weight excluding hydrogens is 422 g/mol. The number of nitrogens with zero attached hydrogens (tertiary/aromatic N) is 1. The fourth-order valence-corrected chi connectivity index (χ4v) is 3.26. The smallest absolute Gasteiger partial charge is 0.341 e. The summed E-state index contributed by atoms with van der Waals surface area (Å²) in [7, 11) is 1.13. The molecule has 2 aromatic carbocycles. The van der Waals surface area contributed by atoms with E-state index >= 15 is 0 Å². The van der Waals surface area contributed by atoms with Gasteiger partial charge in [-0.3, -0.25) is 19.3 Å². The summed E-state index contributed by atoms with van der Waals surface area (Å²) in [5.74, 6) is -3.47. The molecule has 3 amide bonds. The third-order valence-electron chi connectivity index (χ3n) is 4.93. The minimum Gasteiger partial charge on any atom is -0.465 e. The van der Waals surface area contributed by atoms with Crippen LogP contribution in [0.1, 0.15) is 28.8 Å². The summed E-state index contributed by atoms with van der Waals surface area (Å²) < 4.78 is 33.3. The van der Waals surface area contributed by atoms with Crippen molar-refractivity contribution in [3.8, 4) is 11.1 Å². The van der Waals surface area contributed by atoms with E-state index in [1.54, 1.807) is 0 Å². The predicted molar refractivity (Wildman–Crippen MR) is 110 cm³/mol. The number of esters is 1. The van der Waals surface area contributed by atoms with Crippen molar-refractivity contribution in [1.29, 1.82) is 0 Å². The maximum atomic E-state index is 14.6. The maximum Gasteiger partial charge on any atom is 0.341 e. The summed E-state index contributed by atoms with van der Waals surface area (Å²) in [4.78, 5) is 47.9. The molecule has 0 aromatic heterocycles. The molecule has 0 saturated heterocycles. The Kier molecular flexibility index (Phi) is 7.09. The van der Waals surface area contributed by atoms with Crippen LogP contribution in [0.2, 0.25) is 0 Å². The molecule has 0 atom stereocenters. The number of imide groups is 1. The molecule has 1 aliphatic rings. The predicted octanol–water partition coefficient (Wildman–Crippen LogP) is 2.74. The van der Waals surface area contributed by atoms with E-state index in [0.29, 0.717) is 0 Å². The van der Waals surface area contributed by atoms with Gasteiger partial charge in [0.1, 0.15) is 17.2 Å². The zero-order chi connectivity index (χ0) is 23.3. The SMILES string of the molecule is COC(=O)c1c(F)cccc1-c1ccc(CNC(=O)CCCN2C(=O)C=CC2=O)c(F)c1. The molecule has 2 aromatic rings. The van der Waals surface area contributed by atoms with E-state index in [1.165, 1.54) is 36.4 Å². The van der Waals surface area contributed by atoms with Crippen LogP contribution in [-0.4, -0.2) is 42.2 Å². The number of nitrogens with one attached hydrogen (secondary N) is 1. The van der Waals surface area contributed by atoms with Gasteiger partial charge in [-0.1, -0.05) is 24.3 Å². The Morgan fingerprint density at radius 2 is 1.75 bits per heavy atom. The Labute approximate surface area is 182 Å². The molecule has 0 radical (unpaired) electrons. The van der Waals surface area contributed by atoms with Crippen LogP contribution in [0.5, 0.6) is 0 Å². The number of carbonyl (C=O) groups is 4. The molecule has 0 aliphatic carbocycles. The molecule has 0 unspecified atom stereocenters. The van der Waals surface area contributed by atoms with Crippen LogP contribution in [0, 0.1) is 11.6 Å². The number of methoxy groups -OCH3 is 1. The summed E-state index contributed by atoms with van der Waals surface area (Å²) in [6.07, 6.45) is 2.68. The Morgan fingerprint density at radius 3 is 2.41 bits per heavy atom. The number of hydrogen-bond acceptors (Lipinski definition) is 5. The van der Waals surface area contributed by atoms with Gasteiger partial charge in [0.05, 0.1) is 7.11 Å². The second-order valence-corrected chi connectivity index (χ2v) is 7.00. The first-order valence-corrected chi connectivity index (χ1v) is 9.77. The monoisotopic (exact) mass is 442 g/mol. The van der Waals surface area contributed by atoms with Crippen LogP contribution >= 0.6 is 0 Å². The van der Waals surface area contributed by atoms with Gasteiger partial charge in [-0.25, -0.2) is 13.6 Å². The number of amides is 3. The van der Waals surface area contributed by atoms with E-state index in [-0.39, 0.29) is 54.1 Å². The first-order valence-electron chi connectivity index (χ1n) is 9.77. The van der Waals surface area contributed by atoms with Crippen molar-refractivity contribution < 1.29 is 32.7 Å². The lowest BCUT2D eigenvalue weighted by molar-refractivity contribution is -0.137. The highest BCUT2D eigenvalue weighted by Gasteiger charge is 2.23. The number of ether oxygens (including phenoxy) is 1. The fourth-order valence-electron chi connectivity index (χ4n) is 3.26. The molecule has 0 saturated carbocycles. The highest BCUT2D eigenvalue weighted by Crippen LogP contribution is 2.28. The second kappa shape index (κ2) is 9.95. The van der Waals surface area contributed by atoms with Gasteiger partial charge in [0.15, 0.2) is 0 Å². The molecule has 166 valence electrons. The number of hydrogen-bond donors (Lipinski definition) is 1. The largest absolute Gasteiger partial charge is 0.465 e. The second-order valence-electron chi connectivity index (χ2n) is 7.00. The molecule has 0 spiro atoms. The third kappa shape index (κ3) is 5.05. The maximum absolute atomic E-state index is 14.6. The number of benzene rings is 2. The van der Waals surface area contributed by atoms with Crippen LogP contribution in [0.4, 0.5) is 8.78 Å². The Hall–Kier alpha value is -3.88. The van der Waals surface area contributed by atoms with Crippen molar-refractivity contribution >= 4 is 23.7 Å². The van der Waals surface area contributed by atoms with Gasteiger partial charge in [0, 0.05) is 37.2 Å². The van der Waals surface area contributed by atoms with Crippen molar-refractivity contribution in [1.82, 2.24) is 10.2 Å². The average molecular weight is 442 g/mol. The van der Waals surface area contributed by atoms with E-state index in [1.807, 2.05) is 0 Å². The van der Waals surface area contributed by atoms with Crippen molar-refractivity contribution in [2.75, 3.05) is 13.7 Å². The lowest BCUT2D eigenvalue weighted by Crippen LogP contribution is -2.32. The van der Waals surface area contributed by atoms with Gasteiger partial charge >= 0.3 is 5.97 Å². The Morgan fingerprint density at radius 1 is 1.03 bits per heavy atom. The van der Waals surface area contributed by atoms with Crippen molar-refractivity contribution in [2.24, 2.45) is 0 Å². The van der Waals surface area contributed by atoms with Gasteiger partial charge in [-0.15, -0.1) is 0 Å². The number of rotatable bonds is 8. The molecule has 32 heavy (non-hydrogen) atoms. The lowest BCUT2D eigenvalue weighted by Gasteiger charge is -2.13. The Bertz CT molecular complexity index is 1100. The number of halogens is 2. The van der Waals surface area contributed by atoms with Gasteiger partial charge in [0.25, 0.3) is 11.8 Å². The molecule has 1 heterocycles. The summed E-state index contributed by atoms with van der Waals surface area (Å²) >= 11 is 0. The topological polar surface area (TPSA) is 92.8 Å². The Balaban J connectivity index is 1.60. The lowest BCUT2D eigenvalue weighted by atomic mass is 9.98. The minimum absolute atomic E-state index is 0.0581. The van der Waals surface area contributed by atoms with Crippen molar-refractivity contribution in [2.45, 2.75) is 19.4 Å². The molecule has 9 heteroatoms. The normalized spacial score (nSPS) is 12.9. The molecule has 7 nitrogen and oxygen atoms in total. The van der Waals surface area contributed by atoms with Gasteiger partial charge in [0.2, 0.25) is 5.91 Å². The molecular formula is C23H20F2N2O5. The van der Waals surface area contributed by atoms with Crippen LogP contribution < -0.4 is 5.32 Å². The van der Waals surface area contributed by atoms with E-state index in [0.717, 1.165) is 24.1 Å². The number of carbonyl (C=O) groups excluding carboxylic acids is 4. The fraction of sp³-hybridized carbons (Fsp3) is 0.217. The summed E-state index contributed by atoms with van der Waals surface area (Å²) in [6, 6.07) is 8.11. The van der Waals surface area contributed by atoms with Crippen molar-refractivity contribution in [3.63, 3.8) is 0 Å². The molecule has 0 bridgehead atoms. The van der Waals surface area contributed by atoms with Crippen LogP contribution in [0.3, 0.4) is 0 Å². The zero-order valence-electron chi connectivity index (χ0n) is 17.2. The van der Waals surface area contributed by atoms with Gasteiger partial charge in [-0.05, 0) is 29.7 Å². The molecule has 3 rings (SSSR count). The molecule has 0 fully saturated rings. The molecule has 1 N–H and O–H groups in total. The average Bonchev–Trinajstić information content (AvgIpc) is 3.09. The minimum atomic E-state index is -0.872. The van der Waals surface area contributed by atoms with E-state index in [2.05, 4.69) is 10.1 Å². The van der Waals surface area contributed by atoms with Crippen molar-refractivity contribution in [3.05, 3.63) is 71.3 Å². The van der Waals surface area contributed by atoms with Gasteiger partial charge < -0.3 is 10.1 Å². The first-order chi connectivity index (χ1) is 15.3. The zero-order valence-corrected chi connectivity index (χ0v) is 17.2. The quantitative estimate of drug-likeness (QED) is 0.501. The summed E-state index contributed by atoms with van der Waals surface area (Å²) in [5, 5.41) is 2.58. The van der Waals surface area contributed by atoms with E-state index in [9.17, 15) is 28.0 Å². The van der Waals surface area contributed by atoms with E-state index in [4.69, 9.17) is 0 Å². The van der Waals surface area contributed by atoms with Crippen LogP contribution in [0.15, 0.2) is 48.6 Å². The summed E-state index contributed by atoms with van der Waals surface area (Å²) in [6.45, 7) is 0.0401. The standard InChI is InChI=1S/C23H20F2N2O5/c1-32-23(31)22-16(4-2-5-17(22)24)14-7-8-15(18(25)12-14)13-26-19(28)6-3-11-27-20(29)9-10-21(27)30/h2,4-5,7-10,12H,3,6,11,13H2,1H3,(H,26,28). The third-order valence-corrected chi connectivity index (χ3v) is 4.93. The highest BCUT2D eigenvalue weighted by molar-refractivity contribution is 6.12. The van der Waals surface area contributed by atoms with Gasteiger partial charge in [-0.2, -0.15) is 0 Å². The first kappa shape index (κ1) is 22.8. The van der Waals surface area contributed by atoms with Crippen LogP contribution in [-0.2, 0) is 25.7 Å². The summed E-state index contributed by atoms with van der Waals surface area (Å²) in [5.41, 5.74) is 0.380. The van der Waals surface area contributed by atoms with Crippen LogP contribution in [0.25, 0.3) is 11.1 Å². The molecule has 1 aliphatic heterocycles. The van der Waals surface area contributed by atoms with E-state index < -0.39 is 29.4 Å².